The van der Waals surface area contributed by atoms with E-state index in [9.17, 15) is 13.2 Å². The molecule has 0 spiro atoms. The van der Waals surface area contributed by atoms with Crippen LogP contribution in [-0.2, 0) is 14.8 Å². The molecule has 1 aromatic rings. The summed E-state index contributed by atoms with van der Waals surface area (Å²) in [6.45, 7) is 6.54. The standard InChI is InChI=1S/C14H23N3O3S/c1-4-15-14(18)9-10-16-12-5-7-13(8-6-12)21(19,20)17-11(2)3/h5-8,11,16-17H,4,9-10H2,1-3H3,(H,15,18). The quantitative estimate of drug-likeness (QED) is 0.675. The molecule has 6 nitrogen and oxygen atoms in total. The van der Waals surface area contributed by atoms with Crippen molar-refractivity contribution in [3.8, 4) is 0 Å². The van der Waals surface area contributed by atoms with Crippen LogP contribution in [0.1, 0.15) is 27.2 Å². The number of hydrogen-bond donors (Lipinski definition) is 3. The first-order valence-electron chi connectivity index (χ1n) is 6.98. The van der Waals surface area contributed by atoms with Gasteiger partial charge in [-0.3, -0.25) is 4.79 Å². The topological polar surface area (TPSA) is 87.3 Å². The van der Waals surface area contributed by atoms with E-state index in [1.54, 1.807) is 38.1 Å². The zero-order valence-electron chi connectivity index (χ0n) is 12.6. The smallest absolute Gasteiger partial charge is 0.240 e. The molecule has 0 aliphatic heterocycles. The molecule has 0 atom stereocenters. The van der Waals surface area contributed by atoms with Crippen LogP contribution in [0, 0.1) is 0 Å². The van der Waals surface area contributed by atoms with Gasteiger partial charge in [-0.2, -0.15) is 0 Å². The molecule has 0 saturated heterocycles. The molecule has 0 saturated carbocycles. The van der Waals surface area contributed by atoms with Crippen LogP contribution in [0.2, 0.25) is 0 Å². The number of sulfonamides is 1. The van der Waals surface area contributed by atoms with Crippen molar-refractivity contribution < 1.29 is 13.2 Å². The van der Waals surface area contributed by atoms with Gasteiger partial charge in [0.1, 0.15) is 0 Å². The fourth-order valence-corrected chi connectivity index (χ4v) is 2.99. The largest absolute Gasteiger partial charge is 0.385 e. The summed E-state index contributed by atoms with van der Waals surface area (Å²) in [6, 6.07) is 6.31. The van der Waals surface area contributed by atoms with Crippen molar-refractivity contribution in [2.45, 2.75) is 38.1 Å². The Morgan fingerprint density at radius 3 is 2.33 bits per heavy atom. The van der Waals surface area contributed by atoms with Crippen molar-refractivity contribution in [2.24, 2.45) is 0 Å². The predicted molar refractivity (Wildman–Crippen MR) is 83.7 cm³/mol. The van der Waals surface area contributed by atoms with Gasteiger partial charge in [0.05, 0.1) is 4.90 Å². The maximum Gasteiger partial charge on any atom is 0.240 e. The van der Waals surface area contributed by atoms with Gasteiger partial charge in [-0.15, -0.1) is 0 Å². The molecule has 0 bridgehead atoms. The van der Waals surface area contributed by atoms with E-state index in [0.29, 0.717) is 19.5 Å². The van der Waals surface area contributed by atoms with Crippen LogP contribution in [0.5, 0.6) is 0 Å². The lowest BCUT2D eigenvalue weighted by atomic mass is 10.3. The van der Waals surface area contributed by atoms with Crippen molar-refractivity contribution in [1.82, 2.24) is 10.0 Å². The highest BCUT2D eigenvalue weighted by Crippen LogP contribution is 2.14. The summed E-state index contributed by atoms with van der Waals surface area (Å²) in [7, 11) is -3.46. The highest BCUT2D eigenvalue weighted by atomic mass is 32.2. The molecule has 0 radical (unpaired) electrons. The summed E-state index contributed by atoms with van der Waals surface area (Å²) in [5.41, 5.74) is 0.780. The maximum absolute atomic E-state index is 11.9. The Morgan fingerprint density at radius 1 is 1.19 bits per heavy atom. The van der Waals surface area contributed by atoms with Gasteiger partial charge in [-0.05, 0) is 45.0 Å². The van der Waals surface area contributed by atoms with Gasteiger partial charge < -0.3 is 10.6 Å². The molecule has 0 heterocycles. The highest BCUT2D eigenvalue weighted by molar-refractivity contribution is 7.89. The summed E-state index contributed by atoms with van der Waals surface area (Å²) in [5.74, 6) is -0.00895. The first kappa shape index (κ1) is 17.5. The minimum atomic E-state index is -3.46. The summed E-state index contributed by atoms with van der Waals surface area (Å²) >= 11 is 0. The van der Waals surface area contributed by atoms with E-state index < -0.39 is 10.0 Å². The van der Waals surface area contributed by atoms with Crippen molar-refractivity contribution in [1.29, 1.82) is 0 Å². The first-order valence-corrected chi connectivity index (χ1v) is 8.46. The normalized spacial score (nSPS) is 11.4. The fourth-order valence-electron chi connectivity index (χ4n) is 1.74. The second-order valence-corrected chi connectivity index (χ2v) is 6.64. The third-order valence-corrected chi connectivity index (χ3v) is 4.29. The van der Waals surface area contributed by atoms with Crippen molar-refractivity contribution in [3.05, 3.63) is 24.3 Å². The highest BCUT2D eigenvalue weighted by Gasteiger charge is 2.14. The Labute approximate surface area is 126 Å². The van der Waals surface area contributed by atoms with Crippen molar-refractivity contribution in [2.75, 3.05) is 18.4 Å². The van der Waals surface area contributed by atoms with Gasteiger partial charge in [-0.1, -0.05) is 0 Å². The molecule has 0 aromatic heterocycles. The van der Waals surface area contributed by atoms with Gasteiger partial charge in [0, 0.05) is 31.2 Å². The average molecular weight is 313 g/mol. The zero-order chi connectivity index (χ0) is 15.9. The third kappa shape index (κ3) is 6.14. The number of benzene rings is 1. The second kappa shape index (κ2) is 7.99. The number of amides is 1. The monoisotopic (exact) mass is 313 g/mol. The molecule has 1 amide bonds. The molecule has 0 aliphatic carbocycles. The molecule has 3 N–H and O–H groups in total. The molecular formula is C14H23N3O3S. The molecule has 7 heteroatoms. The van der Waals surface area contributed by atoms with Gasteiger partial charge in [0.2, 0.25) is 15.9 Å². The fraction of sp³-hybridized carbons (Fsp3) is 0.500. The first-order chi connectivity index (χ1) is 9.85. The lowest BCUT2D eigenvalue weighted by Crippen LogP contribution is -2.30. The Morgan fingerprint density at radius 2 is 1.81 bits per heavy atom. The van der Waals surface area contributed by atoms with Gasteiger partial charge in [0.15, 0.2) is 0 Å². The molecule has 1 rings (SSSR count). The molecule has 0 aliphatic rings. The van der Waals surface area contributed by atoms with Crippen LogP contribution in [0.3, 0.4) is 0 Å². The van der Waals surface area contributed by atoms with Gasteiger partial charge in [0.25, 0.3) is 0 Å². The van der Waals surface area contributed by atoms with Gasteiger partial charge in [-0.25, -0.2) is 13.1 Å². The summed E-state index contributed by atoms with van der Waals surface area (Å²) in [5, 5.41) is 5.79. The predicted octanol–water partition coefficient (Wildman–Crippen LogP) is 1.31. The van der Waals surface area contributed by atoms with E-state index in [2.05, 4.69) is 15.4 Å². The minimum Gasteiger partial charge on any atom is -0.385 e. The van der Waals surface area contributed by atoms with Crippen LogP contribution in [-0.4, -0.2) is 33.5 Å². The molecule has 1 aromatic carbocycles. The van der Waals surface area contributed by atoms with Crippen molar-refractivity contribution in [3.63, 3.8) is 0 Å². The van der Waals surface area contributed by atoms with E-state index in [0.717, 1.165) is 5.69 Å². The Hall–Kier alpha value is -1.60. The summed E-state index contributed by atoms with van der Waals surface area (Å²) in [6.07, 6.45) is 0.378. The second-order valence-electron chi connectivity index (χ2n) is 4.93. The van der Waals surface area contributed by atoms with Crippen molar-refractivity contribution >= 4 is 21.6 Å². The lowest BCUT2D eigenvalue weighted by Gasteiger charge is -2.11. The van der Waals surface area contributed by atoms with Crippen LogP contribution < -0.4 is 15.4 Å². The lowest BCUT2D eigenvalue weighted by molar-refractivity contribution is -0.120. The number of anilines is 1. The third-order valence-electron chi connectivity index (χ3n) is 2.61. The Bertz CT molecular complexity index is 553. The number of carbonyl (C=O) groups excluding carboxylic acids is 1. The number of nitrogens with one attached hydrogen (secondary N) is 3. The molecule has 21 heavy (non-hydrogen) atoms. The number of carbonyl (C=O) groups is 1. The minimum absolute atomic E-state index is 0.00895. The zero-order valence-corrected chi connectivity index (χ0v) is 13.5. The van der Waals surface area contributed by atoms with E-state index >= 15 is 0 Å². The van der Waals surface area contributed by atoms with E-state index in [-0.39, 0.29) is 16.8 Å². The Balaban J connectivity index is 2.56. The van der Waals surface area contributed by atoms with E-state index in [4.69, 9.17) is 0 Å². The molecule has 118 valence electrons. The number of hydrogen-bond acceptors (Lipinski definition) is 4. The van der Waals surface area contributed by atoms with Crippen LogP contribution in [0.4, 0.5) is 5.69 Å². The molecular weight excluding hydrogens is 290 g/mol. The maximum atomic E-state index is 11.9. The SMILES string of the molecule is CCNC(=O)CCNc1ccc(S(=O)(=O)NC(C)C)cc1. The number of rotatable bonds is 8. The van der Waals surface area contributed by atoms with E-state index in [1.807, 2.05) is 6.92 Å². The van der Waals surface area contributed by atoms with Crippen LogP contribution >= 0.6 is 0 Å². The van der Waals surface area contributed by atoms with Gasteiger partial charge >= 0.3 is 0 Å². The molecule has 0 unspecified atom stereocenters. The van der Waals surface area contributed by atoms with Crippen LogP contribution in [0.25, 0.3) is 0 Å². The van der Waals surface area contributed by atoms with E-state index in [1.165, 1.54) is 0 Å². The summed E-state index contributed by atoms with van der Waals surface area (Å²) in [4.78, 5) is 11.5. The Kier molecular flexibility index (Phi) is 6.64. The average Bonchev–Trinajstić information content (AvgIpc) is 2.38. The molecule has 0 fully saturated rings. The summed E-state index contributed by atoms with van der Waals surface area (Å²) < 4.78 is 26.4. The van der Waals surface area contributed by atoms with Crippen LogP contribution in [0.15, 0.2) is 29.2 Å².